The maximum Gasteiger partial charge on any atom is 0.350 e. The minimum Gasteiger partial charge on any atom is -0.497 e. The van der Waals surface area contributed by atoms with Gasteiger partial charge in [0.1, 0.15) is 10.6 Å². The fraction of sp³-hybridized carbons (Fsp3) is 0.308. The summed E-state index contributed by atoms with van der Waals surface area (Å²) in [6.07, 6.45) is -0.159. The Hall–Kier alpha value is -1.26. The Morgan fingerprint density at radius 2 is 2.11 bits per heavy atom. The van der Waals surface area contributed by atoms with Gasteiger partial charge in [-0.05, 0) is 32.0 Å². The van der Waals surface area contributed by atoms with Gasteiger partial charge in [0, 0.05) is 10.1 Å². The summed E-state index contributed by atoms with van der Waals surface area (Å²) >= 11 is 7.55. The molecule has 1 aromatic carbocycles. The first kappa shape index (κ1) is 13.2. The van der Waals surface area contributed by atoms with Crippen molar-refractivity contribution in [2.75, 3.05) is 7.11 Å². The molecular weight excluding hydrogens is 272 g/mol. The number of fused-ring (bicyclic) bond motifs is 1. The molecule has 0 bridgehead atoms. The smallest absolute Gasteiger partial charge is 0.350 e. The molecule has 0 fully saturated rings. The third-order valence-electron chi connectivity index (χ3n) is 2.36. The quantitative estimate of drug-likeness (QED) is 0.795. The Balaban J connectivity index is 2.47. The molecule has 0 atom stereocenters. The van der Waals surface area contributed by atoms with Crippen LogP contribution in [0.1, 0.15) is 23.5 Å². The average molecular weight is 285 g/mol. The molecule has 5 heteroatoms. The lowest BCUT2D eigenvalue weighted by molar-refractivity contribution is 0.0384. The summed E-state index contributed by atoms with van der Waals surface area (Å²) in [6.45, 7) is 3.62. The van der Waals surface area contributed by atoms with E-state index in [0.717, 1.165) is 10.1 Å². The van der Waals surface area contributed by atoms with Gasteiger partial charge in [0.15, 0.2) is 0 Å². The first-order chi connectivity index (χ1) is 8.52. The number of rotatable bonds is 3. The van der Waals surface area contributed by atoms with Crippen molar-refractivity contribution < 1.29 is 14.3 Å². The van der Waals surface area contributed by atoms with Crippen LogP contribution in [-0.2, 0) is 4.74 Å². The summed E-state index contributed by atoms with van der Waals surface area (Å²) in [5.74, 6) is 0.334. The van der Waals surface area contributed by atoms with Crippen molar-refractivity contribution in [1.29, 1.82) is 0 Å². The monoisotopic (exact) mass is 284 g/mol. The maximum absolute atomic E-state index is 11.9. The second-order valence-electron chi connectivity index (χ2n) is 4.06. The van der Waals surface area contributed by atoms with Crippen LogP contribution in [0.25, 0.3) is 10.1 Å². The normalized spacial score (nSPS) is 10.9. The molecule has 0 saturated carbocycles. The van der Waals surface area contributed by atoms with Gasteiger partial charge in [-0.1, -0.05) is 11.6 Å². The lowest BCUT2D eigenvalue weighted by Crippen LogP contribution is -2.10. The van der Waals surface area contributed by atoms with Crippen molar-refractivity contribution >= 4 is 39.0 Å². The molecule has 0 spiro atoms. The number of hydrogen-bond donors (Lipinski definition) is 0. The number of halogens is 1. The van der Waals surface area contributed by atoms with Crippen LogP contribution in [0.3, 0.4) is 0 Å². The van der Waals surface area contributed by atoms with E-state index in [1.807, 2.05) is 32.0 Å². The number of ether oxygens (including phenoxy) is 2. The average Bonchev–Trinajstić information content (AvgIpc) is 2.65. The van der Waals surface area contributed by atoms with E-state index in [1.165, 1.54) is 11.3 Å². The number of thiophene rings is 1. The van der Waals surface area contributed by atoms with E-state index in [1.54, 1.807) is 7.11 Å². The molecule has 0 unspecified atom stereocenters. The van der Waals surface area contributed by atoms with E-state index in [0.29, 0.717) is 15.6 Å². The van der Waals surface area contributed by atoms with E-state index in [-0.39, 0.29) is 12.1 Å². The Morgan fingerprint density at radius 3 is 2.72 bits per heavy atom. The molecule has 0 aliphatic carbocycles. The second kappa shape index (κ2) is 5.16. The summed E-state index contributed by atoms with van der Waals surface area (Å²) in [4.78, 5) is 12.3. The molecule has 0 amide bonds. The van der Waals surface area contributed by atoms with Crippen molar-refractivity contribution in [3.8, 4) is 5.75 Å². The molecule has 96 valence electrons. The molecule has 2 aromatic rings. The Morgan fingerprint density at radius 1 is 1.39 bits per heavy atom. The third kappa shape index (κ3) is 2.44. The van der Waals surface area contributed by atoms with Gasteiger partial charge in [0.25, 0.3) is 0 Å². The predicted octanol–water partition coefficient (Wildman–Crippen LogP) is 4.13. The Bertz CT molecular complexity index is 589. The highest BCUT2D eigenvalue weighted by molar-refractivity contribution is 7.21. The largest absolute Gasteiger partial charge is 0.497 e. The SMILES string of the molecule is COc1ccc2sc(C(=O)OC(C)C)c(Cl)c2c1. The zero-order valence-corrected chi connectivity index (χ0v) is 11.9. The van der Waals surface area contributed by atoms with Crippen molar-refractivity contribution in [2.45, 2.75) is 20.0 Å². The van der Waals surface area contributed by atoms with Gasteiger partial charge in [0.05, 0.1) is 18.2 Å². The van der Waals surface area contributed by atoms with Gasteiger partial charge < -0.3 is 9.47 Å². The number of hydrogen-bond acceptors (Lipinski definition) is 4. The van der Waals surface area contributed by atoms with Gasteiger partial charge in [-0.15, -0.1) is 11.3 Å². The van der Waals surface area contributed by atoms with Crippen LogP contribution in [0.5, 0.6) is 5.75 Å². The molecule has 0 aliphatic rings. The van der Waals surface area contributed by atoms with Crippen LogP contribution in [0, 0.1) is 0 Å². The van der Waals surface area contributed by atoms with Crippen molar-refractivity contribution in [3.05, 3.63) is 28.1 Å². The van der Waals surface area contributed by atoms with Crippen molar-refractivity contribution in [3.63, 3.8) is 0 Å². The van der Waals surface area contributed by atoms with Gasteiger partial charge in [-0.2, -0.15) is 0 Å². The molecule has 3 nitrogen and oxygen atoms in total. The zero-order valence-electron chi connectivity index (χ0n) is 10.3. The summed E-state index contributed by atoms with van der Waals surface area (Å²) in [7, 11) is 1.59. The van der Waals surface area contributed by atoms with Crippen LogP contribution in [0.4, 0.5) is 0 Å². The first-order valence-corrected chi connectivity index (χ1v) is 6.69. The number of methoxy groups -OCH3 is 1. The number of benzene rings is 1. The highest BCUT2D eigenvalue weighted by Gasteiger charge is 2.19. The fourth-order valence-electron chi connectivity index (χ4n) is 1.57. The highest BCUT2D eigenvalue weighted by atomic mass is 35.5. The number of carbonyl (C=O) groups excluding carboxylic acids is 1. The molecule has 0 N–H and O–H groups in total. The van der Waals surface area contributed by atoms with E-state index >= 15 is 0 Å². The molecule has 18 heavy (non-hydrogen) atoms. The van der Waals surface area contributed by atoms with Crippen molar-refractivity contribution in [2.24, 2.45) is 0 Å². The van der Waals surface area contributed by atoms with Gasteiger partial charge in [-0.3, -0.25) is 0 Å². The van der Waals surface area contributed by atoms with Crippen LogP contribution in [0.2, 0.25) is 5.02 Å². The van der Waals surface area contributed by atoms with Gasteiger partial charge in [0.2, 0.25) is 0 Å². The molecule has 1 heterocycles. The zero-order chi connectivity index (χ0) is 13.3. The molecule has 1 aromatic heterocycles. The highest BCUT2D eigenvalue weighted by Crippen LogP contribution is 2.37. The van der Waals surface area contributed by atoms with E-state index in [9.17, 15) is 4.79 Å². The standard InChI is InChI=1S/C13H13ClO3S/c1-7(2)17-13(15)12-11(14)9-6-8(16-3)4-5-10(9)18-12/h4-7H,1-3H3. The number of esters is 1. The predicted molar refractivity (Wildman–Crippen MR) is 73.9 cm³/mol. The van der Waals surface area contributed by atoms with Gasteiger partial charge >= 0.3 is 5.97 Å². The Kier molecular flexibility index (Phi) is 3.78. The maximum atomic E-state index is 11.9. The molecular formula is C13H13ClO3S. The van der Waals surface area contributed by atoms with E-state index in [2.05, 4.69) is 0 Å². The van der Waals surface area contributed by atoms with Crippen LogP contribution >= 0.6 is 22.9 Å². The summed E-state index contributed by atoms with van der Waals surface area (Å²) in [5.41, 5.74) is 0. The molecule has 0 saturated heterocycles. The minimum absolute atomic E-state index is 0.159. The lowest BCUT2D eigenvalue weighted by Gasteiger charge is -2.05. The minimum atomic E-state index is -0.379. The fourth-order valence-corrected chi connectivity index (χ4v) is 2.94. The van der Waals surface area contributed by atoms with Gasteiger partial charge in [-0.25, -0.2) is 4.79 Å². The lowest BCUT2D eigenvalue weighted by atomic mass is 10.2. The van der Waals surface area contributed by atoms with Crippen LogP contribution in [0.15, 0.2) is 18.2 Å². The molecule has 0 aliphatic heterocycles. The molecule has 0 radical (unpaired) electrons. The van der Waals surface area contributed by atoms with E-state index < -0.39 is 0 Å². The Labute approximate surface area is 114 Å². The molecule has 2 rings (SSSR count). The number of carbonyl (C=O) groups is 1. The topological polar surface area (TPSA) is 35.5 Å². The third-order valence-corrected chi connectivity index (χ3v) is 4.02. The second-order valence-corrected chi connectivity index (χ2v) is 5.49. The first-order valence-electron chi connectivity index (χ1n) is 5.50. The summed E-state index contributed by atoms with van der Waals surface area (Å²) < 4.78 is 11.2. The van der Waals surface area contributed by atoms with Crippen LogP contribution < -0.4 is 4.74 Å². The van der Waals surface area contributed by atoms with Crippen molar-refractivity contribution in [1.82, 2.24) is 0 Å². The summed E-state index contributed by atoms with van der Waals surface area (Å²) in [6, 6.07) is 5.55. The van der Waals surface area contributed by atoms with E-state index in [4.69, 9.17) is 21.1 Å². The summed E-state index contributed by atoms with van der Waals surface area (Å²) in [5, 5.41) is 1.25. The van der Waals surface area contributed by atoms with Crippen LogP contribution in [-0.4, -0.2) is 19.2 Å².